The Morgan fingerprint density at radius 2 is 1.86 bits per heavy atom. The Balaban J connectivity index is 1.46. The van der Waals surface area contributed by atoms with E-state index in [9.17, 15) is 31.6 Å². The molecule has 1 aliphatic heterocycles. The van der Waals surface area contributed by atoms with E-state index >= 15 is 0 Å². The summed E-state index contributed by atoms with van der Waals surface area (Å²) in [5, 5.41) is 15.9. The second kappa shape index (κ2) is 11.1. The molecule has 4 rings (SSSR count). The van der Waals surface area contributed by atoms with Crippen LogP contribution in [-0.4, -0.2) is 83.3 Å². The molecule has 0 saturated heterocycles. The van der Waals surface area contributed by atoms with Gasteiger partial charge in [0.25, 0.3) is 11.8 Å². The van der Waals surface area contributed by atoms with Gasteiger partial charge in [0.1, 0.15) is 5.69 Å². The van der Waals surface area contributed by atoms with E-state index in [0.717, 1.165) is 12.7 Å². The van der Waals surface area contributed by atoms with Crippen molar-refractivity contribution in [3.63, 3.8) is 0 Å². The summed E-state index contributed by atoms with van der Waals surface area (Å²) >= 11 is 0. The maximum atomic E-state index is 13.9. The Labute approximate surface area is 241 Å². The van der Waals surface area contributed by atoms with Gasteiger partial charge in [-0.15, -0.1) is 0 Å². The number of esters is 1. The molecule has 226 valence electrons. The number of alkyl halides is 2. The molecule has 15 heteroatoms. The molecule has 2 aliphatic rings. The second-order valence-electron chi connectivity index (χ2n) is 11.0. The number of aromatic nitrogens is 2. The molecule has 1 aromatic carbocycles. The van der Waals surface area contributed by atoms with Crippen molar-refractivity contribution < 1.29 is 41.1 Å². The SMILES string of the molecule is COC(=O)C(F)(F)OCC(C)(C)S(=O)(=O)C1(CN2CCc3c(C(=O)NCc4ccc(C#N)cc4)nn(C)c3C2=O)CC1. The summed E-state index contributed by atoms with van der Waals surface area (Å²) in [4.78, 5) is 39.1. The number of benzene rings is 1. The van der Waals surface area contributed by atoms with E-state index in [-0.39, 0.29) is 50.3 Å². The molecule has 2 heterocycles. The van der Waals surface area contributed by atoms with E-state index in [4.69, 9.17) is 5.26 Å². The van der Waals surface area contributed by atoms with Crippen molar-refractivity contribution in [1.29, 1.82) is 5.26 Å². The minimum absolute atomic E-state index is 0.0905. The van der Waals surface area contributed by atoms with E-state index in [1.807, 2.05) is 6.07 Å². The first-order valence-corrected chi connectivity index (χ1v) is 14.5. The lowest BCUT2D eigenvalue weighted by Crippen LogP contribution is -2.52. The number of hydrogen-bond acceptors (Lipinski definition) is 9. The zero-order chi connectivity index (χ0) is 31.1. The number of hydrogen-bond donors (Lipinski definition) is 1. The quantitative estimate of drug-likeness (QED) is 0.375. The zero-order valence-electron chi connectivity index (χ0n) is 23.6. The lowest BCUT2D eigenvalue weighted by Gasteiger charge is -2.35. The van der Waals surface area contributed by atoms with Crippen LogP contribution in [0.1, 0.15) is 64.4 Å². The van der Waals surface area contributed by atoms with Crippen LogP contribution in [0.4, 0.5) is 8.78 Å². The van der Waals surface area contributed by atoms with Gasteiger partial charge in [-0.2, -0.15) is 19.1 Å². The number of halogens is 2. The molecule has 2 amide bonds. The maximum absolute atomic E-state index is 13.9. The van der Waals surface area contributed by atoms with E-state index in [0.29, 0.717) is 11.1 Å². The largest absolute Gasteiger partial charge is 0.463 e. The molecule has 0 unspecified atom stereocenters. The smallest absolute Gasteiger partial charge is 0.456 e. The van der Waals surface area contributed by atoms with E-state index in [2.05, 4.69) is 19.9 Å². The number of nitriles is 1. The Morgan fingerprint density at radius 1 is 1.21 bits per heavy atom. The molecule has 0 spiro atoms. The summed E-state index contributed by atoms with van der Waals surface area (Å²) in [5.74, 6) is -2.92. The van der Waals surface area contributed by atoms with Crippen molar-refractivity contribution in [1.82, 2.24) is 20.0 Å². The van der Waals surface area contributed by atoms with Gasteiger partial charge in [0.2, 0.25) is 0 Å². The fourth-order valence-electron chi connectivity index (χ4n) is 4.97. The maximum Gasteiger partial charge on any atom is 0.456 e. The minimum Gasteiger partial charge on any atom is -0.463 e. The van der Waals surface area contributed by atoms with E-state index in [1.165, 1.54) is 30.5 Å². The summed E-state index contributed by atoms with van der Waals surface area (Å²) in [7, 11) is -1.87. The van der Waals surface area contributed by atoms with Crippen LogP contribution in [0.5, 0.6) is 0 Å². The fourth-order valence-corrected chi connectivity index (χ4v) is 7.32. The van der Waals surface area contributed by atoms with Crippen molar-refractivity contribution in [2.24, 2.45) is 7.05 Å². The third kappa shape index (κ3) is 5.60. The van der Waals surface area contributed by atoms with Crippen LogP contribution < -0.4 is 5.32 Å². The topological polar surface area (TPSA) is 161 Å². The van der Waals surface area contributed by atoms with Gasteiger partial charge >= 0.3 is 12.1 Å². The van der Waals surface area contributed by atoms with Crippen LogP contribution in [0.3, 0.4) is 0 Å². The van der Waals surface area contributed by atoms with Gasteiger partial charge in [-0.1, -0.05) is 12.1 Å². The summed E-state index contributed by atoms with van der Waals surface area (Å²) in [6.45, 7) is 1.63. The number of carbonyl (C=O) groups excluding carboxylic acids is 3. The number of sulfone groups is 1. The first kappa shape index (κ1) is 31.0. The lowest BCUT2D eigenvalue weighted by molar-refractivity contribution is -0.249. The molecule has 1 N–H and O–H groups in total. The molecule has 1 aromatic heterocycles. The van der Waals surface area contributed by atoms with Gasteiger partial charge in [0, 0.05) is 32.2 Å². The van der Waals surface area contributed by atoms with Gasteiger partial charge in [-0.25, -0.2) is 13.2 Å². The zero-order valence-corrected chi connectivity index (χ0v) is 24.4. The van der Waals surface area contributed by atoms with Crippen LogP contribution in [0.2, 0.25) is 0 Å². The molecule has 0 radical (unpaired) electrons. The third-order valence-corrected chi connectivity index (χ3v) is 10.9. The standard InChI is InChI=1S/C27H31F2N5O7S/c1-25(2,16-41-27(28,29)24(37)40-4)42(38,39)26(10-11-26)15-34-12-9-19-20(32-33(3)21(19)23(34)36)22(35)31-14-18-7-5-17(13-30)6-8-18/h5-8H,9-12,14-16H2,1-4H3,(H,31,35). The predicted molar refractivity (Wildman–Crippen MR) is 143 cm³/mol. The number of methoxy groups -OCH3 is 1. The molecule has 0 atom stereocenters. The van der Waals surface area contributed by atoms with E-state index in [1.54, 1.807) is 24.3 Å². The molecule has 12 nitrogen and oxygen atoms in total. The van der Waals surface area contributed by atoms with Crippen molar-refractivity contribution in [3.05, 3.63) is 52.3 Å². The average molecular weight is 608 g/mol. The number of fused-ring (bicyclic) bond motifs is 1. The summed E-state index contributed by atoms with van der Waals surface area (Å²) < 4.78 is 61.5. The van der Waals surface area contributed by atoms with Crippen LogP contribution in [-0.2, 0) is 44.1 Å². The highest BCUT2D eigenvalue weighted by Gasteiger charge is 2.61. The number of nitrogens with zero attached hydrogens (tertiary/aromatic N) is 4. The highest BCUT2D eigenvalue weighted by Crippen LogP contribution is 2.49. The first-order chi connectivity index (χ1) is 19.6. The highest BCUT2D eigenvalue weighted by atomic mass is 32.2. The van der Waals surface area contributed by atoms with Gasteiger partial charge < -0.3 is 19.7 Å². The summed E-state index contributed by atoms with van der Waals surface area (Å²) in [5.41, 5.74) is 1.96. The Kier molecular flexibility index (Phi) is 8.18. The molecule has 42 heavy (non-hydrogen) atoms. The van der Waals surface area contributed by atoms with Crippen molar-refractivity contribution in [3.8, 4) is 6.07 Å². The molecule has 0 bridgehead atoms. The molecule has 1 aliphatic carbocycles. The second-order valence-corrected chi connectivity index (χ2v) is 14.0. The molecular weight excluding hydrogens is 576 g/mol. The van der Waals surface area contributed by atoms with E-state index < -0.39 is 49.8 Å². The van der Waals surface area contributed by atoms with Crippen molar-refractivity contribution in [2.75, 3.05) is 26.8 Å². The predicted octanol–water partition coefficient (Wildman–Crippen LogP) is 1.73. The monoisotopic (exact) mass is 607 g/mol. The number of aryl methyl sites for hydroxylation is 1. The van der Waals surface area contributed by atoms with Crippen LogP contribution in [0, 0.1) is 11.3 Å². The summed E-state index contributed by atoms with van der Waals surface area (Å²) in [6, 6.07) is 8.72. The third-order valence-electron chi connectivity index (χ3n) is 7.63. The normalized spacial score (nSPS) is 16.4. The number of rotatable bonds is 11. The number of nitrogens with one attached hydrogen (secondary N) is 1. The lowest BCUT2D eigenvalue weighted by atomic mass is 10.0. The van der Waals surface area contributed by atoms with Gasteiger partial charge in [0.05, 0.1) is 34.8 Å². The van der Waals surface area contributed by atoms with Gasteiger partial charge in [0.15, 0.2) is 15.5 Å². The molecule has 1 fully saturated rings. The Hall–Kier alpha value is -3.90. The summed E-state index contributed by atoms with van der Waals surface area (Å²) in [6.07, 6.45) is -3.63. The van der Waals surface area contributed by atoms with Gasteiger partial charge in [-0.05, 0) is 50.8 Å². The Morgan fingerprint density at radius 3 is 2.43 bits per heavy atom. The molecule has 1 saturated carbocycles. The Bertz CT molecular complexity index is 1560. The average Bonchev–Trinajstić information content (AvgIpc) is 3.67. The number of ether oxygens (including phenoxy) is 2. The highest BCUT2D eigenvalue weighted by molar-refractivity contribution is 7.94. The van der Waals surface area contributed by atoms with Crippen LogP contribution in [0.25, 0.3) is 0 Å². The first-order valence-electron chi connectivity index (χ1n) is 13.1. The number of amides is 2. The van der Waals surface area contributed by atoms with Crippen LogP contribution in [0.15, 0.2) is 24.3 Å². The minimum atomic E-state index is -4.32. The molecule has 2 aromatic rings. The van der Waals surface area contributed by atoms with Crippen molar-refractivity contribution >= 4 is 27.6 Å². The van der Waals surface area contributed by atoms with Crippen LogP contribution >= 0.6 is 0 Å². The van der Waals surface area contributed by atoms with Gasteiger partial charge in [-0.3, -0.25) is 14.3 Å². The fraction of sp³-hybridized carbons (Fsp3) is 0.519. The molecular formula is C27H31F2N5O7S. The van der Waals surface area contributed by atoms with Crippen molar-refractivity contribution in [2.45, 2.75) is 55.3 Å². The number of carbonyl (C=O) groups is 3.